The molecule has 78 valence electrons. The smallest absolute Gasteiger partial charge is 0.320 e. The minimum Gasteiger partial charge on any atom is -0.320 e. The fourth-order valence-electron chi connectivity index (χ4n) is 0.893. The normalized spacial score (nSPS) is 14.1. The van der Waals surface area contributed by atoms with Gasteiger partial charge in [-0.3, -0.25) is 4.98 Å². The van der Waals surface area contributed by atoms with Crippen LogP contribution >= 0.6 is 15.9 Å². The molecule has 0 aliphatic heterocycles. The van der Waals surface area contributed by atoms with Crippen molar-refractivity contribution in [2.75, 3.05) is 0 Å². The maximum atomic E-state index is 12.1. The van der Waals surface area contributed by atoms with Crippen LogP contribution in [0.5, 0.6) is 0 Å². The van der Waals surface area contributed by atoms with Gasteiger partial charge >= 0.3 is 6.18 Å². The third kappa shape index (κ3) is 2.95. The highest BCUT2D eigenvalue weighted by Gasteiger charge is 2.37. The van der Waals surface area contributed by atoms with Crippen LogP contribution in [0.1, 0.15) is 5.69 Å². The van der Waals surface area contributed by atoms with Crippen molar-refractivity contribution in [2.45, 2.75) is 18.6 Å². The van der Waals surface area contributed by atoms with E-state index in [1.807, 2.05) is 0 Å². The zero-order valence-corrected chi connectivity index (χ0v) is 8.64. The van der Waals surface area contributed by atoms with Crippen LogP contribution in [-0.2, 0) is 6.42 Å². The number of aromatic nitrogens is 1. The molecule has 6 heteroatoms. The average molecular weight is 269 g/mol. The summed E-state index contributed by atoms with van der Waals surface area (Å²) >= 11 is 3.11. The molecule has 14 heavy (non-hydrogen) atoms. The highest BCUT2D eigenvalue weighted by Crippen LogP contribution is 2.23. The molecule has 1 rings (SSSR count). The van der Waals surface area contributed by atoms with E-state index >= 15 is 0 Å². The molecule has 0 saturated heterocycles. The van der Waals surface area contributed by atoms with Crippen molar-refractivity contribution < 1.29 is 13.2 Å². The van der Waals surface area contributed by atoms with Crippen molar-refractivity contribution in [3.63, 3.8) is 0 Å². The van der Waals surface area contributed by atoms with Gasteiger partial charge in [0.1, 0.15) is 6.04 Å². The number of hydrogen-bond donors (Lipinski definition) is 1. The summed E-state index contributed by atoms with van der Waals surface area (Å²) in [5.41, 5.74) is 5.28. The largest absolute Gasteiger partial charge is 0.404 e. The van der Waals surface area contributed by atoms with E-state index in [9.17, 15) is 13.2 Å². The first-order chi connectivity index (χ1) is 6.41. The Morgan fingerprint density at radius 1 is 1.50 bits per heavy atom. The number of alkyl halides is 3. The van der Waals surface area contributed by atoms with Crippen LogP contribution in [-0.4, -0.2) is 17.2 Å². The van der Waals surface area contributed by atoms with Crippen LogP contribution in [0.4, 0.5) is 13.2 Å². The van der Waals surface area contributed by atoms with Crippen LogP contribution in [0.3, 0.4) is 0 Å². The summed E-state index contributed by atoms with van der Waals surface area (Å²) in [4.78, 5) is 3.80. The Morgan fingerprint density at radius 2 is 2.14 bits per heavy atom. The minimum absolute atomic E-state index is 0.315. The summed E-state index contributed by atoms with van der Waals surface area (Å²) in [6.07, 6.45) is -3.26. The van der Waals surface area contributed by atoms with Gasteiger partial charge in [-0.1, -0.05) is 0 Å². The van der Waals surface area contributed by atoms with E-state index in [-0.39, 0.29) is 6.42 Å². The number of halogens is 4. The summed E-state index contributed by atoms with van der Waals surface area (Å²) in [5, 5.41) is 0. The van der Waals surface area contributed by atoms with E-state index in [4.69, 9.17) is 5.73 Å². The van der Waals surface area contributed by atoms with Gasteiger partial charge in [0.2, 0.25) is 0 Å². The van der Waals surface area contributed by atoms with Crippen LogP contribution < -0.4 is 5.73 Å². The van der Waals surface area contributed by atoms with Crippen LogP contribution in [0.2, 0.25) is 0 Å². The van der Waals surface area contributed by atoms with Crippen molar-refractivity contribution in [1.82, 2.24) is 4.98 Å². The van der Waals surface area contributed by atoms with E-state index in [0.29, 0.717) is 10.2 Å². The third-order valence-corrected chi connectivity index (χ3v) is 2.39. The monoisotopic (exact) mass is 268 g/mol. The van der Waals surface area contributed by atoms with Gasteiger partial charge < -0.3 is 5.73 Å². The van der Waals surface area contributed by atoms with Crippen molar-refractivity contribution in [2.24, 2.45) is 5.73 Å². The van der Waals surface area contributed by atoms with Crippen molar-refractivity contribution in [1.29, 1.82) is 0 Å². The number of nitrogens with two attached hydrogens (primary N) is 1. The standard InChI is InChI=1S/C8H8BrF3N2/c9-5-2-1-3-14-6(5)4-7(13)8(10,11)12/h1-3,7H,4,13H2. The van der Waals surface area contributed by atoms with E-state index < -0.39 is 12.2 Å². The van der Waals surface area contributed by atoms with E-state index in [1.165, 1.54) is 6.20 Å². The second-order valence-electron chi connectivity index (χ2n) is 2.78. The van der Waals surface area contributed by atoms with Crippen molar-refractivity contribution in [3.05, 3.63) is 28.5 Å². The predicted molar refractivity (Wildman–Crippen MR) is 49.7 cm³/mol. The van der Waals surface area contributed by atoms with Crippen LogP contribution in [0, 0.1) is 0 Å². The Morgan fingerprint density at radius 3 is 2.64 bits per heavy atom. The first-order valence-electron chi connectivity index (χ1n) is 3.83. The number of nitrogens with zero attached hydrogens (tertiary/aromatic N) is 1. The number of hydrogen-bond acceptors (Lipinski definition) is 2. The molecule has 0 saturated carbocycles. The lowest BCUT2D eigenvalue weighted by atomic mass is 10.1. The van der Waals surface area contributed by atoms with Crippen molar-refractivity contribution in [3.8, 4) is 0 Å². The molecule has 0 spiro atoms. The predicted octanol–water partition coefficient (Wildman–Crippen LogP) is 2.28. The highest BCUT2D eigenvalue weighted by atomic mass is 79.9. The Balaban J connectivity index is 2.75. The molecule has 1 heterocycles. The maximum Gasteiger partial charge on any atom is 0.404 e. The fraction of sp³-hybridized carbons (Fsp3) is 0.375. The molecule has 2 nitrogen and oxygen atoms in total. The minimum atomic E-state index is -4.38. The summed E-state index contributed by atoms with van der Waals surface area (Å²) in [6, 6.07) is 1.40. The molecule has 1 aromatic rings. The van der Waals surface area contributed by atoms with Gasteiger partial charge in [0.15, 0.2) is 0 Å². The molecule has 1 unspecified atom stereocenters. The van der Waals surface area contributed by atoms with Gasteiger partial charge in [-0.2, -0.15) is 13.2 Å². The van der Waals surface area contributed by atoms with E-state index in [2.05, 4.69) is 20.9 Å². The molecule has 0 fully saturated rings. The van der Waals surface area contributed by atoms with Gasteiger partial charge in [0, 0.05) is 17.1 Å². The first-order valence-corrected chi connectivity index (χ1v) is 4.62. The Bertz CT molecular complexity index is 314. The summed E-state index contributed by atoms with van der Waals surface area (Å²) < 4.78 is 36.8. The molecule has 2 N–H and O–H groups in total. The lowest BCUT2D eigenvalue weighted by Gasteiger charge is -2.15. The lowest BCUT2D eigenvalue weighted by molar-refractivity contribution is -0.147. The Kier molecular flexibility index (Phi) is 3.49. The maximum absolute atomic E-state index is 12.1. The zero-order valence-electron chi connectivity index (χ0n) is 7.05. The topological polar surface area (TPSA) is 38.9 Å². The van der Waals surface area contributed by atoms with Crippen LogP contribution in [0.15, 0.2) is 22.8 Å². The second-order valence-corrected chi connectivity index (χ2v) is 3.64. The molecule has 1 atom stereocenters. The molecule has 0 amide bonds. The van der Waals surface area contributed by atoms with E-state index in [0.717, 1.165) is 0 Å². The van der Waals surface area contributed by atoms with Gasteiger partial charge in [-0.25, -0.2) is 0 Å². The van der Waals surface area contributed by atoms with Gasteiger partial charge in [0.25, 0.3) is 0 Å². The zero-order chi connectivity index (χ0) is 10.8. The Hall–Kier alpha value is -0.620. The molecular formula is C8H8BrF3N2. The number of pyridine rings is 1. The van der Waals surface area contributed by atoms with Gasteiger partial charge in [-0.15, -0.1) is 0 Å². The lowest BCUT2D eigenvalue weighted by Crippen LogP contribution is -2.39. The molecule has 0 bridgehead atoms. The van der Waals surface area contributed by atoms with E-state index in [1.54, 1.807) is 12.1 Å². The molecular weight excluding hydrogens is 261 g/mol. The molecule has 1 aromatic heterocycles. The third-order valence-electron chi connectivity index (χ3n) is 1.67. The quantitative estimate of drug-likeness (QED) is 0.894. The molecule has 0 radical (unpaired) electrons. The highest BCUT2D eigenvalue weighted by molar-refractivity contribution is 9.10. The average Bonchev–Trinajstić information content (AvgIpc) is 2.07. The van der Waals surface area contributed by atoms with Crippen molar-refractivity contribution >= 4 is 15.9 Å². The summed E-state index contributed by atoms with van der Waals surface area (Å²) in [6.45, 7) is 0. The molecule has 0 aromatic carbocycles. The molecule has 0 aliphatic rings. The fourth-order valence-corrected chi connectivity index (χ4v) is 1.31. The first kappa shape index (κ1) is 11.5. The van der Waals surface area contributed by atoms with Gasteiger partial charge in [0.05, 0.1) is 5.69 Å². The second kappa shape index (κ2) is 4.27. The summed E-state index contributed by atoms with van der Waals surface area (Å²) in [5.74, 6) is 0. The number of rotatable bonds is 2. The molecule has 0 aliphatic carbocycles. The Labute approximate surface area is 87.4 Å². The SMILES string of the molecule is NC(Cc1ncccc1Br)C(F)(F)F. The van der Waals surface area contributed by atoms with Gasteiger partial charge in [-0.05, 0) is 28.1 Å². The summed E-state index contributed by atoms with van der Waals surface area (Å²) in [7, 11) is 0. The van der Waals surface area contributed by atoms with Crippen LogP contribution in [0.25, 0.3) is 0 Å².